The maximum absolute atomic E-state index is 11.8. The molecule has 98 valence electrons. The molecule has 6 heteroatoms. The molecular formula is C12H14ClNO4. The van der Waals surface area contributed by atoms with Crippen molar-refractivity contribution >= 4 is 29.2 Å². The highest BCUT2D eigenvalue weighted by molar-refractivity contribution is 6.30. The number of methoxy groups -OCH3 is 1. The number of hydrogen-bond acceptors (Lipinski definition) is 4. The van der Waals surface area contributed by atoms with E-state index in [9.17, 15) is 9.59 Å². The monoisotopic (exact) mass is 271 g/mol. The molecule has 18 heavy (non-hydrogen) atoms. The minimum atomic E-state index is -1.29. The predicted octanol–water partition coefficient (Wildman–Crippen LogP) is 1.86. The van der Waals surface area contributed by atoms with E-state index >= 15 is 0 Å². The fourth-order valence-corrected chi connectivity index (χ4v) is 1.49. The van der Waals surface area contributed by atoms with Gasteiger partial charge in [0.25, 0.3) is 5.91 Å². The molecule has 5 nitrogen and oxygen atoms in total. The minimum absolute atomic E-state index is 0.184. The van der Waals surface area contributed by atoms with Crippen LogP contribution >= 0.6 is 11.6 Å². The summed E-state index contributed by atoms with van der Waals surface area (Å²) in [5.74, 6) is -1.32. The molecule has 0 bridgehead atoms. The molecule has 1 atom stereocenters. The van der Waals surface area contributed by atoms with Crippen LogP contribution in [0.5, 0.6) is 0 Å². The van der Waals surface area contributed by atoms with E-state index in [2.05, 4.69) is 5.32 Å². The number of amides is 1. The van der Waals surface area contributed by atoms with Crippen LogP contribution in [0.1, 0.15) is 6.92 Å². The smallest absolute Gasteiger partial charge is 0.345 e. The summed E-state index contributed by atoms with van der Waals surface area (Å²) in [6, 6.07) is 6.58. The van der Waals surface area contributed by atoms with Crippen molar-refractivity contribution in [2.75, 3.05) is 19.0 Å². The molecule has 0 aliphatic heterocycles. The van der Waals surface area contributed by atoms with Gasteiger partial charge in [-0.15, -0.1) is 0 Å². The van der Waals surface area contributed by atoms with Crippen LogP contribution in [0.2, 0.25) is 5.02 Å². The molecule has 1 aromatic carbocycles. The highest BCUT2D eigenvalue weighted by Gasteiger charge is 2.27. The van der Waals surface area contributed by atoms with Crippen molar-refractivity contribution in [3.8, 4) is 0 Å². The van der Waals surface area contributed by atoms with Gasteiger partial charge in [-0.05, 0) is 25.1 Å². The number of ether oxygens (including phenoxy) is 2. The lowest BCUT2D eigenvalue weighted by Gasteiger charge is -2.13. The summed E-state index contributed by atoms with van der Waals surface area (Å²) in [4.78, 5) is 23.2. The van der Waals surface area contributed by atoms with Crippen LogP contribution in [0.25, 0.3) is 0 Å². The Hall–Kier alpha value is -1.59. The van der Waals surface area contributed by atoms with Crippen LogP contribution in [0.3, 0.4) is 0 Å². The first-order valence-corrected chi connectivity index (χ1v) is 5.72. The Bertz CT molecular complexity index is 436. The average Bonchev–Trinajstić information content (AvgIpc) is 2.30. The lowest BCUT2D eigenvalue weighted by Crippen LogP contribution is -2.37. The first kappa shape index (κ1) is 14.5. The first-order valence-electron chi connectivity index (χ1n) is 5.34. The summed E-state index contributed by atoms with van der Waals surface area (Å²) in [6.45, 7) is 1.84. The molecule has 0 aliphatic rings. The van der Waals surface area contributed by atoms with Crippen molar-refractivity contribution in [2.45, 2.75) is 13.0 Å². The Morgan fingerprint density at radius 3 is 2.72 bits per heavy atom. The van der Waals surface area contributed by atoms with Crippen LogP contribution < -0.4 is 5.32 Å². The van der Waals surface area contributed by atoms with Crippen molar-refractivity contribution in [3.63, 3.8) is 0 Å². The van der Waals surface area contributed by atoms with E-state index in [1.54, 1.807) is 31.2 Å². The zero-order valence-electron chi connectivity index (χ0n) is 10.1. The maximum Gasteiger partial charge on any atom is 0.345 e. The van der Waals surface area contributed by atoms with E-state index in [-0.39, 0.29) is 6.61 Å². The summed E-state index contributed by atoms with van der Waals surface area (Å²) < 4.78 is 9.54. The van der Waals surface area contributed by atoms with Gasteiger partial charge in [0.05, 0.1) is 6.61 Å². The Morgan fingerprint density at radius 2 is 2.17 bits per heavy atom. The molecule has 0 aliphatic carbocycles. The topological polar surface area (TPSA) is 64.6 Å². The second-order valence-corrected chi connectivity index (χ2v) is 3.80. The highest BCUT2D eigenvalue weighted by atomic mass is 35.5. The second kappa shape index (κ2) is 6.98. The van der Waals surface area contributed by atoms with Gasteiger partial charge in [0, 0.05) is 17.8 Å². The average molecular weight is 272 g/mol. The summed E-state index contributed by atoms with van der Waals surface area (Å²) in [5, 5.41) is 3.01. The molecule has 0 saturated heterocycles. The number of benzene rings is 1. The van der Waals surface area contributed by atoms with Crippen molar-refractivity contribution < 1.29 is 19.1 Å². The number of carbonyl (C=O) groups is 2. The first-order chi connectivity index (χ1) is 8.58. The van der Waals surface area contributed by atoms with Gasteiger partial charge in [-0.1, -0.05) is 17.7 Å². The van der Waals surface area contributed by atoms with Crippen LogP contribution in [0.4, 0.5) is 5.69 Å². The molecule has 0 spiro atoms. The Labute approximate surface area is 110 Å². The van der Waals surface area contributed by atoms with E-state index in [1.807, 2.05) is 0 Å². The van der Waals surface area contributed by atoms with Gasteiger partial charge < -0.3 is 14.8 Å². The Kier molecular flexibility index (Phi) is 5.61. The molecule has 1 unspecified atom stereocenters. The zero-order chi connectivity index (χ0) is 13.5. The van der Waals surface area contributed by atoms with E-state index < -0.39 is 18.0 Å². The third-order valence-electron chi connectivity index (χ3n) is 2.07. The number of halogens is 1. The molecule has 1 N–H and O–H groups in total. The standard InChI is InChI=1S/C12H14ClNO4/c1-3-18-12(16)10(17-2)11(15)14-9-6-4-5-8(13)7-9/h4-7,10H,3H2,1-2H3,(H,14,15). The lowest BCUT2D eigenvalue weighted by molar-refractivity contribution is -0.158. The van der Waals surface area contributed by atoms with E-state index in [1.165, 1.54) is 7.11 Å². The minimum Gasteiger partial charge on any atom is -0.464 e. The van der Waals surface area contributed by atoms with Crippen LogP contribution in [0.15, 0.2) is 24.3 Å². The summed E-state index contributed by atoms with van der Waals surface area (Å²) in [5.41, 5.74) is 0.485. The fraction of sp³-hybridized carbons (Fsp3) is 0.333. The summed E-state index contributed by atoms with van der Waals surface area (Å²) >= 11 is 5.78. The van der Waals surface area contributed by atoms with Crippen molar-refractivity contribution in [1.82, 2.24) is 0 Å². The van der Waals surface area contributed by atoms with E-state index in [0.717, 1.165) is 0 Å². The van der Waals surface area contributed by atoms with Crippen molar-refractivity contribution in [2.24, 2.45) is 0 Å². The van der Waals surface area contributed by atoms with Gasteiger partial charge in [-0.2, -0.15) is 0 Å². The molecule has 0 fully saturated rings. The Morgan fingerprint density at radius 1 is 1.44 bits per heavy atom. The van der Waals surface area contributed by atoms with Gasteiger partial charge in [-0.3, -0.25) is 4.79 Å². The molecule has 0 radical (unpaired) electrons. The van der Waals surface area contributed by atoms with Crippen LogP contribution in [0, 0.1) is 0 Å². The third-order valence-corrected chi connectivity index (χ3v) is 2.30. The zero-order valence-corrected chi connectivity index (χ0v) is 10.9. The number of nitrogens with one attached hydrogen (secondary N) is 1. The number of esters is 1. The van der Waals surface area contributed by atoms with E-state index in [0.29, 0.717) is 10.7 Å². The lowest BCUT2D eigenvalue weighted by atomic mass is 10.3. The van der Waals surface area contributed by atoms with Gasteiger partial charge in [-0.25, -0.2) is 4.79 Å². The molecule has 0 aromatic heterocycles. The quantitative estimate of drug-likeness (QED) is 0.656. The van der Waals surface area contributed by atoms with Crippen molar-refractivity contribution in [1.29, 1.82) is 0 Å². The number of carbonyl (C=O) groups excluding carboxylic acids is 2. The number of rotatable bonds is 5. The van der Waals surface area contributed by atoms with Gasteiger partial charge in [0.2, 0.25) is 6.10 Å². The molecule has 0 heterocycles. The van der Waals surface area contributed by atoms with Crippen molar-refractivity contribution in [3.05, 3.63) is 29.3 Å². The van der Waals surface area contributed by atoms with Gasteiger partial charge in [0.1, 0.15) is 0 Å². The molecule has 0 saturated carbocycles. The SMILES string of the molecule is CCOC(=O)C(OC)C(=O)Nc1cccc(Cl)c1. The van der Waals surface area contributed by atoms with Crippen LogP contribution in [-0.2, 0) is 19.1 Å². The highest BCUT2D eigenvalue weighted by Crippen LogP contribution is 2.15. The van der Waals surface area contributed by atoms with Gasteiger partial charge >= 0.3 is 5.97 Å². The molecule has 1 amide bonds. The maximum atomic E-state index is 11.8. The molecular weight excluding hydrogens is 258 g/mol. The molecule has 1 rings (SSSR count). The van der Waals surface area contributed by atoms with E-state index in [4.69, 9.17) is 21.1 Å². The van der Waals surface area contributed by atoms with Crippen LogP contribution in [-0.4, -0.2) is 31.7 Å². The third kappa shape index (κ3) is 4.01. The second-order valence-electron chi connectivity index (χ2n) is 3.37. The summed E-state index contributed by atoms with van der Waals surface area (Å²) in [6.07, 6.45) is -1.29. The fourth-order valence-electron chi connectivity index (χ4n) is 1.30. The Balaban J connectivity index is 2.71. The predicted molar refractivity (Wildman–Crippen MR) is 67.5 cm³/mol. The molecule has 1 aromatic rings. The van der Waals surface area contributed by atoms with Gasteiger partial charge in [0.15, 0.2) is 0 Å². The number of anilines is 1. The number of hydrogen-bond donors (Lipinski definition) is 1. The normalized spacial score (nSPS) is 11.7. The largest absolute Gasteiger partial charge is 0.464 e. The summed E-state index contributed by atoms with van der Waals surface area (Å²) in [7, 11) is 1.26.